The van der Waals surface area contributed by atoms with Crippen LogP contribution in [0.1, 0.15) is 84.7 Å². The number of ether oxygens (including phenoxy) is 1. The number of para-hydroxylation sites is 1. The second kappa shape index (κ2) is 17.0. The van der Waals surface area contributed by atoms with Crippen molar-refractivity contribution in [3.8, 4) is 16.9 Å². The van der Waals surface area contributed by atoms with Gasteiger partial charge in [0.25, 0.3) is 0 Å². The number of nitrogens with zero attached hydrogens (tertiary/aromatic N) is 2. The van der Waals surface area contributed by atoms with Gasteiger partial charge in [-0.2, -0.15) is 5.06 Å². The monoisotopic (exact) mass is 769 g/mol. The Bertz CT molecular complexity index is 1620. The lowest BCUT2D eigenvalue weighted by atomic mass is 9.58. The van der Waals surface area contributed by atoms with Gasteiger partial charge in [-0.1, -0.05) is 73.6 Å². The maximum Gasteiger partial charge on any atom is 0.335 e. The number of nitrogens with one attached hydrogen (secondary N) is 1. The van der Waals surface area contributed by atoms with E-state index in [1.165, 1.54) is 0 Å². The summed E-state index contributed by atoms with van der Waals surface area (Å²) < 4.78 is 12.4. The van der Waals surface area contributed by atoms with Gasteiger partial charge in [0.2, 0.25) is 5.91 Å². The number of carbonyl (C=O) groups excluding carboxylic acids is 1. The van der Waals surface area contributed by atoms with Crippen molar-refractivity contribution < 1.29 is 38.9 Å². The van der Waals surface area contributed by atoms with Gasteiger partial charge >= 0.3 is 5.97 Å². The molecule has 0 spiro atoms. The van der Waals surface area contributed by atoms with Crippen LogP contribution in [-0.2, 0) is 20.6 Å². The Hall–Kier alpha value is -3.00. The molecule has 8 atom stereocenters. The third kappa shape index (κ3) is 9.16. The van der Waals surface area contributed by atoms with E-state index in [4.69, 9.17) is 14.0 Å². The van der Waals surface area contributed by atoms with E-state index in [2.05, 4.69) is 73.8 Å². The second-order valence-corrected chi connectivity index (χ2v) is 22.8. The van der Waals surface area contributed by atoms with Crippen LogP contribution in [0.25, 0.3) is 11.1 Å². The van der Waals surface area contributed by atoms with Gasteiger partial charge in [-0.3, -0.25) is 9.63 Å². The molecule has 12 heteroatoms. The smallest absolute Gasteiger partial charge is 0.335 e. The number of hydroxylamine groups is 2. The van der Waals surface area contributed by atoms with E-state index in [-0.39, 0.29) is 47.0 Å². The van der Waals surface area contributed by atoms with Gasteiger partial charge in [-0.05, 0) is 78.4 Å². The first kappa shape index (κ1) is 43.7. The van der Waals surface area contributed by atoms with Crippen LogP contribution >= 0.6 is 0 Å². The van der Waals surface area contributed by atoms with E-state index in [1.54, 1.807) is 31.2 Å². The van der Waals surface area contributed by atoms with E-state index >= 15 is 0 Å². The van der Waals surface area contributed by atoms with Gasteiger partial charge in [-0.25, -0.2) is 4.79 Å². The van der Waals surface area contributed by atoms with Gasteiger partial charge in [-0.15, -0.1) is 0 Å². The first-order valence-electron chi connectivity index (χ1n) is 19.5. The van der Waals surface area contributed by atoms with E-state index < -0.39 is 38.5 Å². The first-order valence-corrected chi connectivity index (χ1v) is 22.4. The fourth-order valence-electron chi connectivity index (χ4n) is 7.95. The molecule has 0 bridgehead atoms. The summed E-state index contributed by atoms with van der Waals surface area (Å²) in [5.41, 5.74) is 3.03. The number of aliphatic hydroxyl groups is 2. The molecule has 1 heterocycles. The van der Waals surface area contributed by atoms with Gasteiger partial charge in [0, 0.05) is 42.4 Å². The van der Waals surface area contributed by atoms with Gasteiger partial charge < -0.3 is 34.7 Å². The summed E-state index contributed by atoms with van der Waals surface area (Å²) in [5, 5.41) is 36.4. The number of carboxylic acids is 1. The highest BCUT2D eigenvalue weighted by molar-refractivity contribution is 6.74. The van der Waals surface area contributed by atoms with E-state index in [0.29, 0.717) is 47.4 Å². The minimum Gasteiger partial charge on any atom is -0.496 e. The predicted octanol–water partition coefficient (Wildman–Crippen LogP) is 6.82. The Morgan fingerprint density at radius 2 is 1.81 bits per heavy atom. The lowest BCUT2D eigenvalue weighted by Gasteiger charge is -2.50. The average Bonchev–Trinajstić information content (AvgIpc) is 3.47. The van der Waals surface area contributed by atoms with Crippen molar-refractivity contribution in [2.45, 2.75) is 118 Å². The molecule has 54 heavy (non-hydrogen) atoms. The topological polar surface area (TPSA) is 141 Å². The van der Waals surface area contributed by atoms with Crippen molar-refractivity contribution in [1.82, 2.24) is 10.4 Å². The summed E-state index contributed by atoms with van der Waals surface area (Å²) >= 11 is 0. The van der Waals surface area contributed by atoms with Gasteiger partial charge in [0.05, 0.1) is 38.5 Å². The number of likely N-dealkylation sites (N-methyl/N-ethyl adjacent to an activating group) is 1. The van der Waals surface area contributed by atoms with Crippen molar-refractivity contribution in [2.24, 2.45) is 29.1 Å². The number of hydrogen-bond acceptors (Lipinski definition) is 9. The number of aromatic carboxylic acids is 1. The molecule has 2 aromatic carbocycles. The molecule has 0 aromatic heterocycles. The summed E-state index contributed by atoms with van der Waals surface area (Å²) in [6.07, 6.45) is -0.883. The SMILES string of the molecule is COc1c(CN2O[C@@H](CO)[C@@H]([C@H](C)O)[C@H]2C(=O)N[C@H]2C[C@@H](C)C(C)(C)[C@@H](C)[C@@H]2C)cccc1-c1cc(C(=O)O)cc(N(C)CCO[Si](C)(C)C(C)(C)C)c1. The first-order chi connectivity index (χ1) is 25.0. The predicted molar refractivity (Wildman–Crippen MR) is 216 cm³/mol. The molecule has 2 aliphatic rings. The Balaban J connectivity index is 1.66. The van der Waals surface area contributed by atoms with Crippen LogP contribution in [-0.4, -0.2) is 98.8 Å². The summed E-state index contributed by atoms with van der Waals surface area (Å²) in [6, 6.07) is 9.94. The lowest BCUT2D eigenvalue weighted by Crippen LogP contribution is -2.56. The summed E-state index contributed by atoms with van der Waals surface area (Å²) in [5.74, 6) is -0.459. The largest absolute Gasteiger partial charge is 0.496 e. The van der Waals surface area contributed by atoms with Crippen LogP contribution in [0.2, 0.25) is 18.1 Å². The number of carbonyl (C=O) groups is 2. The van der Waals surface area contributed by atoms with E-state index in [0.717, 1.165) is 12.1 Å². The zero-order valence-corrected chi connectivity index (χ0v) is 35.9. The number of benzene rings is 2. The van der Waals surface area contributed by atoms with Gasteiger partial charge in [0.1, 0.15) is 17.9 Å². The summed E-state index contributed by atoms with van der Waals surface area (Å²) in [7, 11) is 1.53. The van der Waals surface area contributed by atoms with Crippen molar-refractivity contribution in [3.63, 3.8) is 0 Å². The number of methoxy groups -OCH3 is 1. The molecule has 4 N–H and O–H groups in total. The molecular formula is C42H67N3O8Si. The van der Waals surface area contributed by atoms with Crippen LogP contribution in [0, 0.1) is 29.1 Å². The minimum absolute atomic E-state index is 0.0504. The molecular weight excluding hydrogens is 703 g/mol. The molecule has 2 aromatic rings. The van der Waals surface area contributed by atoms with Crippen LogP contribution in [0.3, 0.4) is 0 Å². The van der Waals surface area contributed by atoms with Crippen LogP contribution in [0.4, 0.5) is 5.69 Å². The standard InChI is InChI=1S/C42H67N3O8Si/c1-25-19-34(26(2)27(3)42(25,8)9)43-39(48)37-36(28(4)47)35(24-46)53-45(37)23-29-15-14-16-33(38(29)51-11)30-20-31(40(49)50)22-32(21-30)44(10)17-18-52-54(12,13)41(5,6)7/h14-16,20-22,25-28,34-37,46-47H,17-19,23-24H2,1-13H3,(H,43,48)(H,49,50)/t25-,26+,27+,28+,34+,35+,36-,37+/m1/s1. The molecule has 11 nitrogen and oxygen atoms in total. The van der Waals surface area contributed by atoms with Gasteiger partial charge in [0.15, 0.2) is 8.32 Å². The number of amides is 1. The normalized spacial score (nSPS) is 26.7. The quantitative estimate of drug-likeness (QED) is 0.152. The van der Waals surface area contributed by atoms with Crippen molar-refractivity contribution in [3.05, 3.63) is 47.5 Å². The fraction of sp³-hybridized carbons (Fsp3) is 0.667. The number of rotatable bonds is 14. The molecule has 2 fully saturated rings. The number of hydrogen-bond donors (Lipinski definition) is 4. The van der Waals surface area contributed by atoms with Crippen molar-refractivity contribution in [1.29, 1.82) is 0 Å². The summed E-state index contributed by atoms with van der Waals surface area (Å²) in [6.45, 7) is 24.8. The van der Waals surface area contributed by atoms with Crippen molar-refractivity contribution >= 4 is 25.9 Å². The number of anilines is 1. The molecule has 1 aliphatic heterocycles. The van der Waals surface area contributed by atoms with Crippen LogP contribution in [0.5, 0.6) is 5.75 Å². The zero-order valence-electron chi connectivity index (χ0n) is 34.9. The zero-order chi connectivity index (χ0) is 40.5. The number of aliphatic hydroxyl groups excluding tert-OH is 2. The Morgan fingerprint density at radius 1 is 1.15 bits per heavy atom. The Morgan fingerprint density at radius 3 is 2.39 bits per heavy atom. The molecule has 0 unspecified atom stereocenters. The highest BCUT2D eigenvalue weighted by atomic mass is 28.4. The van der Waals surface area contributed by atoms with Crippen LogP contribution in [0.15, 0.2) is 36.4 Å². The Labute approximate surface area is 324 Å². The fourth-order valence-corrected chi connectivity index (χ4v) is 8.98. The highest BCUT2D eigenvalue weighted by Crippen LogP contribution is 2.48. The van der Waals surface area contributed by atoms with Crippen LogP contribution < -0.4 is 15.0 Å². The summed E-state index contributed by atoms with van der Waals surface area (Å²) in [4.78, 5) is 34.9. The molecule has 302 valence electrons. The number of carboxylic acid groups (broad SMARTS) is 1. The molecule has 4 rings (SSSR count). The Kier molecular flexibility index (Phi) is 13.8. The van der Waals surface area contributed by atoms with E-state index in [1.807, 2.05) is 36.2 Å². The highest BCUT2D eigenvalue weighted by Gasteiger charge is 2.51. The molecule has 1 saturated carbocycles. The van der Waals surface area contributed by atoms with Crippen molar-refractivity contribution in [2.75, 3.05) is 38.8 Å². The third-order valence-electron chi connectivity index (χ3n) is 13.4. The molecule has 1 saturated heterocycles. The second-order valence-electron chi connectivity index (χ2n) is 18.0. The lowest BCUT2D eigenvalue weighted by molar-refractivity contribution is -0.182. The maximum atomic E-state index is 14.3. The molecule has 1 amide bonds. The minimum atomic E-state index is -1.96. The maximum absolute atomic E-state index is 14.3. The molecule has 0 radical (unpaired) electrons. The molecule has 1 aliphatic carbocycles. The average molecular weight is 770 g/mol. The third-order valence-corrected chi connectivity index (χ3v) is 18.0. The van der Waals surface area contributed by atoms with E-state index in [9.17, 15) is 24.9 Å².